The van der Waals surface area contributed by atoms with E-state index in [1.54, 1.807) is 4.90 Å². The van der Waals surface area contributed by atoms with Gasteiger partial charge >= 0.3 is 12.0 Å². The second-order valence-electron chi connectivity index (χ2n) is 4.55. The van der Waals surface area contributed by atoms with Gasteiger partial charge in [0.05, 0.1) is 16.3 Å². The van der Waals surface area contributed by atoms with Crippen LogP contribution in [0.2, 0.25) is 5.02 Å². The summed E-state index contributed by atoms with van der Waals surface area (Å²) in [6.45, 7) is 2.66. The molecule has 1 saturated heterocycles. The second kappa shape index (κ2) is 6.37. The molecule has 0 bridgehead atoms. The first kappa shape index (κ1) is 15.0. The summed E-state index contributed by atoms with van der Waals surface area (Å²) in [6.07, 6.45) is 0. The van der Waals surface area contributed by atoms with Crippen LogP contribution in [0.5, 0.6) is 0 Å². The average molecular weight is 315 g/mol. The molecule has 0 radical (unpaired) electrons. The van der Waals surface area contributed by atoms with E-state index in [4.69, 9.17) is 16.7 Å². The summed E-state index contributed by atoms with van der Waals surface area (Å²) in [6, 6.07) is 4.14. The normalized spacial score (nSPS) is 18.7. The van der Waals surface area contributed by atoms with E-state index in [0.29, 0.717) is 17.3 Å². The molecule has 2 amide bonds. The molecule has 1 heterocycles. The maximum Gasteiger partial charge on any atom is 0.335 e. The van der Waals surface area contributed by atoms with Gasteiger partial charge in [-0.05, 0) is 25.1 Å². The number of carbonyl (C=O) groups is 2. The van der Waals surface area contributed by atoms with Crippen LogP contribution < -0.4 is 5.32 Å². The monoisotopic (exact) mass is 314 g/mol. The van der Waals surface area contributed by atoms with Crippen molar-refractivity contribution >= 4 is 41.1 Å². The summed E-state index contributed by atoms with van der Waals surface area (Å²) < 4.78 is 0. The Bertz CT molecular complexity index is 538. The molecule has 1 aliphatic rings. The number of carboxylic acid groups (broad SMARTS) is 1. The number of amides is 2. The second-order valence-corrected chi connectivity index (χ2v) is 6.10. The number of carboxylic acids is 1. The fourth-order valence-corrected chi connectivity index (χ4v) is 3.15. The highest BCUT2D eigenvalue weighted by atomic mass is 35.5. The van der Waals surface area contributed by atoms with E-state index >= 15 is 0 Å². The van der Waals surface area contributed by atoms with Gasteiger partial charge in [-0.1, -0.05) is 11.6 Å². The highest BCUT2D eigenvalue weighted by molar-refractivity contribution is 7.99. The van der Waals surface area contributed by atoms with Crippen LogP contribution in [-0.2, 0) is 0 Å². The minimum Gasteiger partial charge on any atom is -0.478 e. The number of rotatable bonds is 2. The molecule has 1 atom stereocenters. The summed E-state index contributed by atoms with van der Waals surface area (Å²) >= 11 is 7.80. The van der Waals surface area contributed by atoms with Crippen molar-refractivity contribution in [1.29, 1.82) is 0 Å². The van der Waals surface area contributed by atoms with E-state index in [9.17, 15) is 9.59 Å². The number of nitrogens with one attached hydrogen (secondary N) is 1. The lowest BCUT2D eigenvalue weighted by molar-refractivity contribution is 0.0697. The van der Waals surface area contributed by atoms with Gasteiger partial charge in [0.15, 0.2) is 0 Å². The number of benzene rings is 1. The highest BCUT2D eigenvalue weighted by Crippen LogP contribution is 2.24. The van der Waals surface area contributed by atoms with Crippen LogP contribution in [0.4, 0.5) is 10.5 Å². The van der Waals surface area contributed by atoms with Crippen molar-refractivity contribution in [3.63, 3.8) is 0 Å². The number of nitrogens with zero attached hydrogens (tertiary/aromatic N) is 1. The third-order valence-corrected chi connectivity index (χ3v) is 4.60. The van der Waals surface area contributed by atoms with Gasteiger partial charge in [-0.3, -0.25) is 0 Å². The molecule has 20 heavy (non-hydrogen) atoms. The Morgan fingerprint density at radius 1 is 1.50 bits per heavy atom. The van der Waals surface area contributed by atoms with Crippen molar-refractivity contribution in [2.45, 2.75) is 13.0 Å². The molecule has 2 N–H and O–H groups in total. The van der Waals surface area contributed by atoms with Crippen molar-refractivity contribution in [2.24, 2.45) is 0 Å². The highest BCUT2D eigenvalue weighted by Gasteiger charge is 2.24. The van der Waals surface area contributed by atoms with Crippen LogP contribution in [0.1, 0.15) is 17.3 Å². The molecule has 1 fully saturated rings. The van der Waals surface area contributed by atoms with Crippen LogP contribution >= 0.6 is 23.4 Å². The SMILES string of the molecule is CC1CSCCN1C(=O)Nc1cc(C(=O)O)ccc1Cl. The van der Waals surface area contributed by atoms with Crippen LogP contribution in [0, 0.1) is 0 Å². The largest absolute Gasteiger partial charge is 0.478 e. The quantitative estimate of drug-likeness (QED) is 0.880. The third-order valence-electron chi connectivity index (χ3n) is 3.08. The maximum absolute atomic E-state index is 12.2. The fourth-order valence-electron chi connectivity index (χ4n) is 1.97. The van der Waals surface area contributed by atoms with Crippen LogP contribution in [0.3, 0.4) is 0 Å². The van der Waals surface area contributed by atoms with Crippen LogP contribution in [0.15, 0.2) is 18.2 Å². The lowest BCUT2D eigenvalue weighted by Gasteiger charge is -2.33. The molecule has 1 aromatic carbocycles. The summed E-state index contributed by atoms with van der Waals surface area (Å²) in [7, 11) is 0. The molecule has 0 aromatic heterocycles. The first-order chi connectivity index (χ1) is 9.49. The van der Waals surface area contributed by atoms with Gasteiger partial charge in [0, 0.05) is 24.1 Å². The van der Waals surface area contributed by atoms with Crippen LogP contribution in [-0.4, -0.2) is 46.1 Å². The topological polar surface area (TPSA) is 69.6 Å². The summed E-state index contributed by atoms with van der Waals surface area (Å²) in [5.74, 6) is 0.747. The number of carbonyl (C=O) groups excluding carboxylic acids is 1. The smallest absolute Gasteiger partial charge is 0.335 e. The number of thioether (sulfide) groups is 1. The molecule has 0 spiro atoms. The predicted molar refractivity (Wildman–Crippen MR) is 80.9 cm³/mol. The Balaban J connectivity index is 2.14. The number of hydrogen-bond acceptors (Lipinski definition) is 3. The summed E-state index contributed by atoms with van der Waals surface area (Å²) in [5, 5.41) is 12.0. The molecule has 1 aromatic rings. The Morgan fingerprint density at radius 2 is 2.25 bits per heavy atom. The van der Waals surface area contributed by atoms with Gasteiger partial charge in [0.1, 0.15) is 0 Å². The third kappa shape index (κ3) is 3.37. The minimum atomic E-state index is -1.06. The van der Waals surface area contributed by atoms with Crippen molar-refractivity contribution < 1.29 is 14.7 Å². The Hall–Kier alpha value is -1.40. The summed E-state index contributed by atoms with van der Waals surface area (Å²) in [4.78, 5) is 24.9. The molecular weight excluding hydrogens is 300 g/mol. The fraction of sp³-hybridized carbons (Fsp3) is 0.385. The van der Waals surface area contributed by atoms with Gasteiger partial charge in [-0.15, -0.1) is 0 Å². The molecule has 1 aliphatic heterocycles. The zero-order chi connectivity index (χ0) is 14.7. The standard InChI is InChI=1S/C13H15ClN2O3S/c1-8-7-20-5-4-16(8)13(19)15-11-6-9(12(17)18)2-3-10(11)14/h2-3,6,8H,4-5,7H2,1H3,(H,15,19)(H,17,18). The molecule has 0 saturated carbocycles. The van der Waals surface area contributed by atoms with E-state index < -0.39 is 5.97 Å². The molecule has 5 nitrogen and oxygen atoms in total. The molecule has 2 rings (SSSR count). The number of aromatic carboxylic acids is 1. The number of halogens is 1. The number of hydrogen-bond donors (Lipinski definition) is 2. The van der Waals surface area contributed by atoms with Gasteiger partial charge < -0.3 is 15.3 Å². The Labute approximate surface area is 126 Å². The Morgan fingerprint density at radius 3 is 2.90 bits per heavy atom. The van der Waals surface area contributed by atoms with Crippen molar-refractivity contribution in [2.75, 3.05) is 23.4 Å². The zero-order valence-electron chi connectivity index (χ0n) is 10.9. The van der Waals surface area contributed by atoms with Gasteiger partial charge in [-0.25, -0.2) is 9.59 Å². The average Bonchev–Trinajstić information content (AvgIpc) is 2.41. The molecule has 7 heteroatoms. The van der Waals surface area contributed by atoms with E-state index in [0.717, 1.165) is 11.5 Å². The van der Waals surface area contributed by atoms with Crippen LogP contribution in [0.25, 0.3) is 0 Å². The molecule has 108 valence electrons. The van der Waals surface area contributed by atoms with Gasteiger partial charge in [-0.2, -0.15) is 11.8 Å². The number of urea groups is 1. The van der Waals surface area contributed by atoms with Crippen molar-refractivity contribution in [1.82, 2.24) is 4.90 Å². The number of anilines is 1. The van der Waals surface area contributed by atoms with Gasteiger partial charge in [0.25, 0.3) is 0 Å². The zero-order valence-corrected chi connectivity index (χ0v) is 12.5. The first-order valence-electron chi connectivity index (χ1n) is 6.17. The van der Waals surface area contributed by atoms with Gasteiger partial charge in [0.2, 0.25) is 0 Å². The summed E-state index contributed by atoms with van der Waals surface area (Å²) in [5.41, 5.74) is 0.411. The van der Waals surface area contributed by atoms with E-state index in [-0.39, 0.29) is 17.6 Å². The van der Waals surface area contributed by atoms with E-state index in [2.05, 4.69) is 5.32 Å². The first-order valence-corrected chi connectivity index (χ1v) is 7.70. The van der Waals surface area contributed by atoms with Crippen molar-refractivity contribution in [3.8, 4) is 0 Å². The predicted octanol–water partition coefficient (Wildman–Crippen LogP) is 3.01. The Kier molecular flexibility index (Phi) is 4.77. The molecular formula is C13H15ClN2O3S. The molecule has 0 aliphatic carbocycles. The maximum atomic E-state index is 12.2. The molecule has 1 unspecified atom stereocenters. The van der Waals surface area contributed by atoms with Crippen molar-refractivity contribution in [3.05, 3.63) is 28.8 Å². The van der Waals surface area contributed by atoms with E-state index in [1.165, 1.54) is 18.2 Å². The lowest BCUT2D eigenvalue weighted by Crippen LogP contribution is -2.46. The van der Waals surface area contributed by atoms with E-state index in [1.807, 2.05) is 18.7 Å². The minimum absolute atomic E-state index is 0.0898. The lowest BCUT2D eigenvalue weighted by atomic mass is 10.2.